The Morgan fingerprint density at radius 2 is 2.31 bits per heavy atom. The van der Waals surface area contributed by atoms with Crippen LogP contribution in [0.4, 0.5) is 0 Å². The third kappa shape index (κ3) is 1.41. The van der Waals surface area contributed by atoms with Crippen molar-refractivity contribution in [1.82, 2.24) is 5.32 Å². The summed E-state index contributed by atoms with van der Waals surface area (Å²) in [5.74, 6) is 0. The number of aliphatic hydroxyl groups is 1. The minimum atomic E-state index is -0.379. The second-order valence-corrected chi connectivity index (χ2v) is 4.21. The molecule has 2 rings (SSSR count). The van der Waals surface area contributed by atoms with Crippen LogP contribution >= 0.6 is 15.9 Å². The standard InChI is InChI=1S/C10H12BrNO/c1-12-8-5-6-3-2-4-7(11)9(6)10(8)13/h2-4,8,10,12-13H,5H2,1H3. The highest BCUT2D eigenvalue weighted by Gasteiger charge is 2.30. The third-order valence-corrected chi connectivity index (χ3v) is 3.32. The van der Waals surface area contributed by atoms with Gasteiger partial charge in [0.2, 0.25) is 0 Å². The van der Waals surface area contributed by atoms with E-state index in [0.29, 0.717) is 0 Å². The van der Waals surface area contributed by atoms with Gasteiger partial charge in [-0.2, -0.15) is 0 Å². The van der Waals surface area contributed by atoms with Crippen molar-refractivity contribution in [3.63, 3.8) is 0 Å². The summed E-state index contributed by atoms with van der Waals surface area (Å²) in [5, 5.41) is 13.0. The zero-order valence-corrected chi connectivity index (χ0v) is 9.01. The topological polar surface area (TPSA) is 32.3 Å². The van der Waals surface area contributed by atoms with Crippen molar-refractivity contribution in [2.75, 3.05) is 7.05 Å². The molecule has 0 saturated carbocycles. The van der Waals surface area contributed by atoms with Gasteiger partial charge in [-0.3, -0.25) is 0 Å². The molecule has 0 amide bonds. The van der Waals surface area contributed by atoms with Crippen LogP contribution in [0.15, 0.2) is 22.7 Å². The maximum absolute atomic E-state index is 9.93. The average Bonchev–Trinajstić information content (AvgIpc) is 2.44. The van der Waals surface area contributed by atoms with Crippen LogP contribution in [0.2, 0.25) is 0 Å². The minimum absolute atomic E-state index is 0.161. The molecule has 1 aliphatic rings. The van der Waals surface area contributed by atoms with E-state index in [4.69, 9.17) is 0 Å². The minimum Gasteiger partial charge on any atom is -0.387 e. The van der Waals surface area contributed by atoms with Gasteiger partial charge in [0.05, 0.1) is 6.10 Å². The van der Waals surface area contributed by atoms with E-state index in [0.717, 1.165) is 16.5 Å². The maximum atomic E-state index is 9.93. The number of aliphatic hydroxyl groups excluding tert-OH is 1. The molecule has 0 fully saturated rings. The molecule has 0 aliphatic heterocycles. The monoisotopic (exact) mass is 241 g/mol. The van der Waals surface area contributed by atoms with E-state index in [-0.39, 0.29) is 12.1 Å². The Morgan fingerprint density at radius 3 is 2.92 bits per heavy atom. The van der Waals surface area contributed by atoms with Crippen molar-refractivity contribution in [2.45, 2.75) is 18.6 Å². The molecule has 2 nitrogen and oxygen atoms in total. The van der Waals surface area contributed by atoms with Crippen molar-refractivity contribution in [2.24, 2.45) is 0 Å². The molecule has 0 saturated heterocycles. The lowest BCUT2D eigenvalue weighted by atomic mass is 10.1. The number of rotatable bonds is 1. The molecule has 0 bridgehead atoms. The largest absolute Gasteiger partial charge is 0.387 e. The quantitative estimate of drug-likeness (QED) is 0.784. The van der Waals surface area contributed by atoms with Gasteiger partial charge in [-0.05, 0) is 30.7 Å². The molecule has 1 aromatic carbocycles. The Bertz CT molecular complexity index is 327. The Kier molecular flexibility index (Phi) is 2.41. The van der Waals surface area contributed by atoms with E-state index >= 15 is 0 Å². The first-order valence-corrected chi connectivity index (χ1v) is 5.16. The molecule has 0 spiro atoms. The number of halogens is 1. The first-order valence-electron chi connectivity index (χ1n) is 4.36. The summed E-state index contributed by atoms with van der Waals surface area (Å²) in [7, 11) is 1.88. The van der Waals surface area contributed by atoms with Crippen LogP contribution in [0, 0.1) is 0 Å². The van der Waals surface area contributed by atoms with Gasteiger partial charge < -0.3 is 10.4 Å². The Hall–Kier alpha value is -0.380. The molecular formula is C10H12BrNO. The van der Waals surface area contributed by atoms with E-state index < -0.39 is 0 Å². The van der Waals surface area contributed by atoms with Gasteiger partial charge >= 0.3 is 0 Å². The molecule has 70 valence electrons. The molecule has 2 N–H and O–H groups in total. The fourth-order valence-corrected chi connectivity index (χ4v) is 2.54. The lowest BCUT2D eigenvalue weighted by Gasteiger charge is -2.13. The van der Waals surface area contributed by atoms with Gasteiger partial charge in [-0.1, -0.05) is 28.1 Å². The van der Waals surface area contributed by atoms with Crippen LogP contribution in [0.1, 0.15) is 17.2 Å². The molecule has 0 heterocycles. The fourth-order valence-electron chi connectivity index (χ4n) is 1.90. The summed E-state index contributed by atoms with van der Waals surface area (Å²) in [6.45, 7) is 0. The van der Waals surface area contributed by atoms with Gasteiger partial charge in [-0.25, -0.2) is 0 Å². The predicted octanol–water partition coefficient (Wildman–Crippen LogP) is 1.63. The zero-order chi connectivity index (χ0) is 9.42. The number of hydrogen-bond donors (Lipinski definition) is 2. The SMILES string of the molecule is CNC1Cc2cccc(Br)c2C1O. The van der Waals surface area contributed by atoms with Crippen LogP contribution in [-0.4, -0.2) is 18.2 Å². The number of likely N-dealkylation sites (N-methyl/N-ethyl adjacent to an activating group) is 1. The molecule has 2 atom stereocenters. The number of fused-ring (bicyclic) bond motifs is 1. The number of hydrogen-bond acceptors (Lipinski definition) is 2. The lowest BCUT2D eigenvalue weighted by Crippen LogP contribution is -2.29. The summed E-state index contributed by atoms with van der Waals surface area (Å²) < 4.78 is 1.01. The van der Waals surface area contributed by atoms with E-state index in [1.165, 1.54) is 5.56 Å². The Morgan fingerprint density at radius 1 is 1.54 bits per heavy atom. The highest BCUT2D eigenvalue weighted by Crippen LogP contribution is 2.36. The normalized spacial score (nSPS) is 26.1. The Balaban J connectivity index is 2.44. The second-order valence-electron chi connectivity index (χ2n) is 3.36. The van der Waals surface area contributed by atoms with Gasteiger partial charge in [0.1, 0.15) is 0 Å². The van der Waals surface area contributed by atoms with Crippen molar-refractivity contribution >= 4 is 15.9 Å². The molecule has 13 heavy (non-hydrogen) atoms. The van der Waals surface area contributed by atoms with Crippen molar-refractivity contribution in [3.05, 3.63) is 33.8 Å². The molecule has 1 aromatic rings. The lowest BCUT2D eigenvalue weighted by molar-refractivity contribution is 0.145. The summed E-state index contributed by atoms with van der Waals surface area (Å²) in [5.41, 5.74) is 2.28. The highest BCUT2D eigenvalue weighted by atomic mass is 79.9. The maximum Gasteiger partial charge on any atom is 0.0959 e. The summed E-state index contributed by atoms with van der Waals surface area (Å²) in [6, 6.07) is 6.21. The smallest absolute Gasteiger partial charge is 0.0959 e. The average molecular weight is 242 g/mol. The van der Waals surface area contributed by atoms with E-state index in [1.807, 2.05) is 19.2 Å². The van der Waals surface area contributed by atoms with Crippen LogP contribution in [0.25, 0.3) is 0 Å². The molecule has 0 radical (unpaired) electrons. The van der Waals surface area contributed by atoms with Crippen molar-refractivity contribution in [3.8, 4) is 0 Å². The molecule has 2 unspecified atom stereocenters. The second kappa shape index (κ2) is 3.40. The molecule has 1 aliphatic carbocycles. The third-order valence-electron chi connectivity index (χ3n) is 2.63. The van der Waals surface area contributed by atoms with Crippen LogP contribution < -0.4 is 5.32 Å². The zero-order valence-electron chi connectivity index (χ0n) is 7.42. The molecule has 3 heteroatoms. The molecule has 0 aromatic heterocycles. The predicted molar refractivity (Wildman–Crippen MR) is 55.7 cm³/mol. The van der Waals surface area contributed by atoms with E-state index in [1.54, 1.807) is 0 Å². The van der Waals surface area contributed by atoms with Gasteiger partial charge in [0.15, 0.2) is 0 Å². The number of nitrogens with one attached hydrogen (secondary N) is 1. The van der Waals surface area contributed by atoms with Gasteiger partial charge in [-0.15, -0.1) is 0 Å². The van der Waals surface area contributed by atoms with Crippen molar-refractivity contribution < 1.29 is 5.11 Å². The highest BCUT2D eigenvalue weighted by molar-refractivity contribution is 9.10. The van der Waals surface area contributed by atoms with E-state index in [2.05, 4.69) is 27.3 Å². The summed E-state index contributed by atoms with van der Waals surface area (Å²) in [6.07, 6.45) is 0.530. The first kappa shape index (κ1) is 9.19. The fraction of sp³-hybridized carbons (Fsp3) is 0.400. The van der Waals surface area contributed by atoms with Crippen LogP contribution in [-0.2, 0) is 6.42 Å². The van der Waals surface area contributed by atoms with Crippen LogP contribution in [0.5, 0.6) is 0 Å². The van der Waals surface area contributed by atoms with E-state index in [9.17, 15) is 5.11 Å². The van der Waals surface area contributed by atoms with Gasteiger partial charge in [0, 0.05) is 10.5 Å². The molecular weight excluding hydrogens is 230 g/mol. The van der Waals surface area contributed by atoms with Gasteiger partial charge in [0.25, 0.3) is 0 Å². The van der Waals surface area contributed by atoms with Crippen molar-refractivity contribution in [1.29, 1.82) is 0 Å². The first-order chi connectivity index (χ1) is 6.24. The summed E-state index contributed by atoms with van der Waals surface area (Å²) >= 11 is 3.46. The Labute approximate surface area is 86.1 Å². The summed E-state index contributed by atoms with van der Waals surface area (Å²) in [4.78, 5) is 0. The number of benzene rings is 1. The van der Waals surface area contributed by atoms with Crippen LogP contribution in [0.3, 0.4) is 0 Å².